The van der Waals surface area contributed by atoms with Gasteiger partial charge in [0.2, 0.25) is 0 Å². The lowest BCUT2D eigenvalue weighted by atomic mass is 10.2. The van der Waals surface area contributed by atoms with E-state index in [0.717, 1.165) is 5.75 Å². The van der Waals surface area contributed by atoms with Crippen molar-refractivity contribution in [1.29, 1.82) is 0 Å². The zero-order chi connectivity index (χ0) is 21.0. The molecule has 1 aromatic carbocycles. The van der Waals surface area contributed by atoms with Crippen LogP contribution in [0.4, 0.5) is 4.79 Å². The second-order valence-electron chi connectivity index (χ2n) is 6.31. The molecule has 2 heterocycles. The smallest absolute Gasteiger partial charge is 0.407 e. The molecule has 2 aromatic heterocycles. The summed E-state index contributed by atoms with van der Waals surface area (Å²) in [5.41, 5.74) is 0.497. The summed E-state index contributed by atoms with van der Waals surface area (Å²) in [6.07, 6.45) is -0.466. The van der Waals surface area contributed by atoms with Crippen molar-refractivity contribution >= 4 is 29.0 Å². The third-order valence-corrected chi connectivity index (χ3v) is 5.02. The lowest BCUT2D eigenvalue weighted by molar-refractivity contribution is 0.165. The van der Waals surface area contributed by atoms with Gasteiger partial charge in [-0.2, -0.15) is 4.98 Å². The molecule has 0 aliphatic heterocycles. The topological polar surface area (TPSA) is 95.7 Å². The molecule has 0 saturated carbocycles. The highest BCUT2D eigenvalue weighted by molar-refractivity contribution is 7.17. The van der Waals surface area contributed by atoms with Crippen LogP contribution in [-0.2, 0) is 4.74 Å². The fourth-order valence-corrected chi connectivity index (χ4v) is 3.47. The molecule has 8 nitrogen and oxygen atoms in total. The molecule has 0 aliphatic carbocycles. The zero-order valence-electron chi connectivity index (χ0n) is 16.3. The predicted molar refractivity (Wildman–Crippen MR) is 109 cm³/mol. The fourth-order valence-electron chi connectivity index (χ4n) is 2.35. The first-order chi connectivity index (χ1) is 13.9. The number of thiazole rings is 1. The van der Waals surface area contributed by atoms with Crippen LogP contribution in [0.1, 0.15) is 32.6 Å². The van der Waals surface area contributed by atoms with Gasteiger partial charge in [-0.25, -0.2) is 4.79 Å². The molecule has 3 aromatic rings. The fraction of sp³-hybridized carbons (Fsp3) is 0.316. The number of alkyl carbamates (subject to hydrolysis) is 1. The van der Waals surface area contributed by atoms with E-state index in [2.05, 4.69) is 20.2 Å². The Bertz CT molecular complexity index is 971. The monoisotopic (exact) mass is 437 g/mol. The van der Waals surface area contributed by atoms with Gasteiger partial charge < -0.3 is 24.1 Å². The van der Waals surface area contributed by atoms with Gasteiger partial charge in [-0.15, -0.1) is 0 Å². The van der Waals surface area contributed by atoms with E-state index < -0.39 is 12.1 Å². The molecule has 3 rings (SSSR count). The highest BCUT2D eigenvalue weighted by Crippen LogP contribution is 2.39. The van der Waals surface area contributed by atoms with Crippen molar-refractivity contribution in [3.8, 4) is 27.3 Å². The van der Waals surface area contributed by atoms with Crippen LogP contribution in [0.3, 0.4) is 0 Å². The van der Waals surface area contributed by atoms with E-state index in [0.29, 0.717) is 27.3 Å². The Morgan fingerprint density at radius 3 is 2.55 bits per heavy atom. The Hall–Kier alpha value is -2.78. The Kier molecular flexibility index (Phi) is 6.60. The van der Waals surface area contributed by atoms with Crippen molar-refractivity contribution in [2.45, 2.75) is 32.9 Å². The average Bonchev–Trinajstić information content (AvgIpc) is 3.29. The van der Waals surface area contributed by atoms with Crippen LogP contribution in [0.5, 0.6) is 16.7 Å². The van der Waals surface area contributed by atoms with Gasteiger partial charge in [-0.1, -0.05) is 28.1 Å². The number of carbonyl (C=O) groups is 1. The van der Waals surface area contributed by atoms with Crippen molar-refractivity contribution in [3.05, 3.63) is 41.2 Å². The van der Waals surface area contributed by atoms with Crippen molar-refractivity contribution in [2.24, 2.45) is 0 Å². The van der Waals surface area contributed by atoms with E-state index in [9.17, 15) is 4.79 Å². The van der Waals surface area contributed by atoms with Crippen LogP contribution >= 0.6 is 22.9 Å². The maximum absolute atomic E-state index is 11.3. The second-order valence-corrected chi connectivity index (χ2v) is 7.63. The Labute approximate surface area is 176 Å². The minimum Gasteiger partial charge on any atom is -0.491 e. The first kappa shape index (κ1) is 20.9. The predicted octanol–water partition coefficient (Wildman–Crippen LogP) is 5.45. The lowest BCUT2D eigenvalue weighted by Crippen LogP contribution is -2.25. The first-order valence-corrected chi connectivity index (χ1v) is 9.97. The Morgan fingerprint density at radius 2 is 1.90 bits per heavy atom. The minimum atomic E-state index is -0.563. The number of nitrogens with zero attached hydrogens (tertiary/aromatic N) is 2. The van der Waals surface area contributed by atoms with Crippen LogP contribution < -0.4 is 14.8 Å². The number of hydrogen-bond acceptors (Lipinski definition) is 8. The molecule has 1 amide bonds. The molecule has 29 heavy (non-hydrogen) atoms. The summed E-state index contributed by atoms with van der Waals surface area (Å²) in [4.78, 5) is 16.2. The van der Waals surface area contributed by atoms with Gasteiger partial charge in [-0.05, 0) is 45.0 Å². The largest absolute Gasteiger partial charge is 0.491 e. The number of nitrogens with one attached hydrogen (secondary N) is 1. The summed E-state index contributed by atoms with van der Waals surface area (Å²) >= 11 is 7.49. The molecule has 0 fully saturated rings. The molecule has 0 saturated heterocycles. The highest BCUT2D eigenvalue weighted by atomic mass is 35.5. The van der Waals surface area contributed by atoms with Crippen molar-refractivity contribution in [1.82, 2.24) is 15.5 Å². The normalized spacial score (nSPS) is 11.9. The number of carbonyl (C=O) groups excluding carboxylic acids is 1. The number of amides is 1. The van der Waals surface area contributed by atoms with E-state index in [1.54, 1.807) is 25.1 Å². The number of methoxy groups -OCH3 is 1. The average molecular weight is 438 g/mol. The highest BCUT2D eigenvalue weighted by Gasteiger charge is 2.20. The second kappa shape index (κ2) is 9.15. The molecule has 10 heteroatoms. The summed E-state index contributed by atoms with van der Waals surface area (Å²) in [6, 6.07) is 8.50. The number of ether oxygens (including phenoxy) is 3. The van der Waals surface area contributed by atoms with Crippen molar-refractivity contribution in [2.75, 3.05) is 7.11 Å². The molecule has 154 valence electrons. The number of benzene rings is 1. The molecular weight excluding hydrogens is 418 g/mol. The van der Waals surface area contributed by atoms with Crippen molar-refractivity contribution < 1.29 is 23.5 Å². The maximum atomic E-state index is 11.3. The summed E-state index contributed by atoms with van der Waals surface area (Å²) in [7, 11) is 1.29. The van der Waals surface area contributed by atoms with Crippen LogP contribution in [0, 0.1) is 0 Å². The van der Waals surface area contributed by atoms with Gasteiger partial charge >= 0.3 is 6.09 Å². The summed E-state index contributed by atoms with van der Waals surface area (Å²) in [6.45, 7) is 5.67. The standard InChI is InChI=1S/C19H20ClN3O5S/c1-10(2)26-12-5-7-13(8-6-12)27-19-22-17(20)16(29-19)14-9-15(28-23-14)11(3)21-18(24)25-4/h5-11H,1-4H3,(H,21,24). The summed E-state index contributed by atoms with van der Waals surface area (Å²) < 4.78 is 21.3. The minimum absolute atomic E-state index is 0.0972. The molecule has 1 N–H and O–H groups in total. The van der Waals surface area contributed by atoms with E-state index >= 15 is 0 Å². The summed E-state index contributed by atoms with van der Waals surface area (Å²) in [5.74, 6) is 1.82. The zero-order valence-corrected chi connectivity index (χ0v) is 17.8. The quantitative estimate of drug-likeness (QED) is 0.525. The van der Waals surface area contributed by atoms with Crippen LogP contribution in [0.2, 0.25) is 5.15 Å². The Morgan fingerprint density at radius 1 is 1.21 bits per heavy atom. The molecule has 0 radical (unpaired) electrons. The third kappa shape index (κ3) is 5.39. The molecule has 0 spiro atoms. The van der Waals surface area contributed by atoms with Gasteiger partial charge in [0.15, 0.2) is 10.9 Å². The van der Waals surface area contributed by atoms with E-state index in [4.69, 9.17) is 25.6 Å². The maximum Gasteiger partial charge on any atom is 0.407 e. The van der Waals surface area contributed by atoms with E-state index in [1.807, 2.05) is 26.0 Å². The van der Waals surface area contributed by atoms with Crippen LogP contribution in [-0.4, -0.2) is 29.4 Å². The summed E-state index contributed by atoms with van der Waals surface area (Å²) in [5, 5.41) is 7.23. The first-order valence-electron chi connectivity index (χ1n) is 8.78. The lowest BCUT2D eigenvalue weighted by Gasteiger charge is -2.09. The molecular formula is C19H20ClN3O5S. The number of hydrogen-bond donors (Lipinski definition) is 1. The van der Waals surface area contributed by atoms with Crippen molar-refractivity contribution in [3.63, 3.8) is 0 Å². The van der Waals surface area contributed by atoms with E-state index in [-0.39, 0.29) is 11.3 Å². The van der Waals surface area contributed by atoms with Gasteiger partial charge in [-0.3, -0.25) is 0 Å². The van der Waals surface area contributed by atoms with Crippen LogP contribution in [0.25, 0.3) is 10.6 Å². The van der Waals surface area contributed by atoms with Gasteiger partial charge in [0.05, 0.1) is 24.1 Å². The van der Waals surface area contributed by atoms with Gasteiger partial charge in [0.25, 0.3) is 5.19 Å². The molecule has 1 atom stereocenters. The van der Waals surface area contributed by atoms with E-state index in [1.165, 1.54) is 18.4 Å². The van der Waals surface area contributed by atoms with Crippen LogP contribution in [0.15, 0.2) is 34.9 Å². The molecule has 1 unspecified atom stereocenters. The Balaban J connectivity index is 1.71. The molecule has 0 bridgehead atoms. The molecule has 0 aliphatic rings. The number of rotatable bonds is 7. The third-order valence-electron chi connectivity index (χ3n) is 3.67. The number of aromatic nitrogens is 2. The van der Waals surface area contributed by atoms with Gasteiger partial charge in [0.1, 0.15) is 17.2 Å². The van der Waals surface area contributed by atoms with Gasteiger partial charge in [0, 0.05) is 6.07 Å². The number of halogens is 1. The SMILES string of the molecule is COC(=O)NC(C)c1cc(-c2sc(Oc3ccc(OC(C)C)cc3)nc2Cl)no1.